The van der Waals surface area contributed by atoms with Gasteiger partial charge in [0.25, 0.3) is 5.91 Å². The molecule has 5 nitrogen and oxygen atoms in total. The number of carbonyl (C=O) groups excluding carboxylic acids is 1. The van der Waals surface area contributed by atoms with Gasteiger partial charge in [-0.05, 0) is 48.7 Å². The normalized spacial score (nSPS) is 16.8. The number of benzene rings is 2. The van der Waals surface area contributed by atoms with Crippen LogP contribution in [0, 0.1) is 6.92 Å². The monoisotopic (exact) mass is 490 g/mol. The van der Waals surface area contributed by atoms with E-state index in [4.69, 9.17) is 9.90 Å². The van der Waals surface area contributed by atoms with E-state index in [0.29, 0.717) is 24.1 Å². The summed E-state index contributed by atoms with van der Waals surface area (Å²) < 4.78 is 31.7. The Morgan fingerprint density at radius 1 is 1.00 bits per heavy atom. The van der Waals surface area contributed by atoms with E-state index in [0.717, 1.165) is 12.1 Å². The van der Waals surface area contributed by atoms with Gasteiger partial charge in [0.15, 0.2) is 0 Å². The number of alkyl halides is 3. The van der Waals surface area contributed by atoms with Crippen molar-refractivity contribution in [2.24, 2.45) is 0 Å². The molecule has 2 aromatic carbocycles. The summed E-state index contributed by atoms with van der Waals surface area (Å²) in [5.74, 6) is -2.22. The Labute approximate surface area is 199 Å². The fraction of sp³-hybridized carbons (Fsp3) is 0.280. The molecule has 0 saturated heterocycles. The minimum atomic E-state index is -5.08. The molecular formula is C25H25F3N2O3S. The molecule has 1 heterocycles. The molecular weight excluding hydrogens is 465 g/mol. The maximum absolute atomic E-state index is 12.3. The van der Waals surface area contributed by atoms with Gasteiger partial charge in [0.05, 0.1) is 0 Å². The molecule has 2 atom stereocenters. The van der Waals surface area contributed by atoms with Crippen molar-refractivity contribution in [1.29, 1.82) is 0 Å². The van der Waals surface area contributed by atoms with E-state index in [9.17, 15) is 18.0 Å². The highest BCUT2D eigenvalue weighted by atomic mass is 32.1. The summed E-state index contributed by atoms with van der Waals surface area (Å²) in [5.41, 5.74) is 3.14. The van der Waals surface area contributed by atoms with E-state index in [1.54, 1.807) is 0 Å². The van der Waals surface area contributed by atoms with E-state index < -0.39 is 12.1 Å². The van der Waals surface area contributed by atoms with Crippen LogP contribution in [-0.4, -0.2) is 29.2 Å². The molecule has 1 aliphatic rings. The molecule has 1 aromatic heterocycles. The fourth-order valence-electron chi connectivity index (χ4n) is 3.36. The Kier molecular flexibility index (Phi) is 8.46. The van der Waals surface area contributed by atoms with E-state index in [1.807, 2.05) is 53.8 Å². The van der Waals surface area contributed by atoms with E-state index in [1.165, 1.54) is 21.7 Å². The zero-order valence-corrected chi connectivity index (χ0v) is 19.2. The lowest BCUT2D eigenvalue weighted by Crippen LogP contribution is -2.22. The number of amides is 1. The van der Waals surface area contributed by atoms with Crippen LogP contribution in [0.4, 0.5) is 13.2 Å². The molecule has 0 spiro atoms. The fourth-order valence-corrected chi connectivity index (χ4v) is 4.20. The van der Waals surface area contributed by atoms with Crippen LogP contribution in [0.15, 0.2) is 66.7 Å². The minimum absolute atomic E-state index is 0.0241. The summed E-state index contributed by atoms with van der Waals surface area (Å²) in [7, 11) is 0. The van der Waals surface area contributed by atoms with Crippen molar-refractivity contribution < 1.29 is 27.9 Å². The van der Waals surface area contributed by atoms with Crippen LogP contribution in [0.3, 0.4) is 0 Å². The highest BCUT2D eigenvalue weighted by Crippen LogP contribution is 2.41. The molecule has 1 saturated carbocycles. The molecule has 180 valence electrons. The summed E-state index contributed by atoms with van der Waals surface area (Å²) >= 11 is 1.86. The summed E-state index contributed by atoms with van der Waals surface area (Å²) in [4.78, 5) is 24.0. The summed E-state index contributed by atoms with van der Waals surface area (Å²) in [5, 5.41) is 13.7. The Balaban J connectivity index is 0.000000406. The Bertz CT molecular complexity index is 1100. The number of hydrogen-bond acceptors (Lipinski definition) is 4. The molecule has 0 radical (unpaired) electrons. The zero-order chi connectivity index (χ0) is 24.7. The first kappa shape index (κ1) is 25.5. The van der Waals surface area contributed by atoms with Crippen LogP contribution >= 0.6 is 11.3 Å². The van der Waals surface area contributed by atoms with Crippen molar-refractivity contribution in [2.45, 2.75) is 44.6 Å². The van der Waals surface area contributed by atoms with Crippen LogP contribution in [0.2, 0.25) is 0 Å². The largest absolute Gasteiger partial charge is 0.490 e. The maximum atomic E-state index is 12.3. The van der Waals surface area contributed by atoms with Crippen molar-refractivity contribution >= 4 is 23.2 Å². The first-order valence-corrected chi connectivity index (χ1v) is 11.5. The van der Waals surface area contributed by atoms with Gasteiger partial charge in [-0.15, -0.1) is 11.3 Å². The second kappa shape index (κ2) is 11.3. The molecule has 0 bridgehead atoms. The number of carboxylic acid groups (broad SMARTS) is 1. The van der Waals surface area contributed by atoms with Crippen LogP contribution in [-0.2, 0) is 17.9 Å². The van der Waals surface area contributed by atoms with Gasteiger partial charge in [-0.1, -0.05) is 42.5 Å². The predicted octanol–water partition coefficient (Wildman–Crippen LogP) is 5.27. The molecule has 3 aromatic rings. The number of hydrogen-bond donors (Lipinski definition) is 3. The lowest BCUT2D eigenvalue weighted by Gasteiger charge is -2.07. The Morgan fingerprint density at radius 2 is 1.65 bits per heavy atom. The third-order valence-electron chi connectivity index (χ3n) is 5.26. The summed E-state index contributed by atoms with van der Waals surface area (Å²) in [6.07, 6.45) is -3.91. The maximum Gasteiger partial charge on any atom is 0.490 e. The van der Waals surface area contributed by atoms with Crippen LogP contribution < -0.4 is 10.6 Å². The Hall–Kier alpha value is -3.17. The number of carbonyl (C=O) groups is 2. The lowest BCUT2D eigenvalue weighted by atomic mass is 10.1. The van der Waals surface area contributed by atoms with Gasteiger partial charge in [0.2, 0.25) is 0 Å². The standard InChI is InChI=1S/C23H24N2OS.C2HF3O2/c1-16-7-12-20(27-16)15-24-22-13-21(22)18-8-10-19(11-9-18)23(26)25-14-17-5-3-2-4-6-17;3-2(4,5)1(6)7/h2-12,21-22,24H,13-15H2,1H3,(H,25,26);(H,6,7). The van der Waals surface area contributed by atoms with Gasteiger partial charge < -0.3 is 15.7 Å². The first-order chi connectivity index (χ1) is 16.1. The minimum Gasteiger partial charge on any atom is -0.475 e. The smallest absolute Gasteiger partial charge is 0.475 e. The van der Waals surface area contributed by atoms with E-state index in [2.05, 4.69) is 41.8 Å². The highest BCUT2D eigenvalue weighted by molar-refractivity contribution is 7.11. The molecule has 4 rings (SSSR count). The van der Waals surface area contributed by atoms with Gasteiger partial charge in [-0.3, -0.25) is 4.79 Å². The average molecular weight is 491 g/mol. The third kappa shape index (κ3) is 7.71. The number of nitrogens with one attached hydrogen (secondary N) is 2. The number of thiophene rings is 1. The summed E-state index contributed by atoms with van der Waals surface area (Å²) in [6, 6.07) is 23.0. The number of rotatable bonds is 7. The zero-order valence-electron chi connectivity index (χ0n) is 18.4. The summed E-state index contributed by atoms with van der Waals surface area (Å²) in [6.45, 7) is 3.64. The lowest BCUT2D eigenvalue weighted by molar-refractivity contribution is -0.192. The van der Waals surface area contributed by atoms with Gasteiger partial charge in [-0.2, -0.15) is 13.2 Å². The molecule has 0 aliphatic heterocycles. The van der Waals surface area contributed by atoms with Crippen molar-refractivity contribution in [1.82, 2.24) is 10.6 Å². The molecule has 1 aliphatic carbocycles. The molecule has 9 heteroatoms. The third-order valence-corrected chi connectivity index (χ3v) is 6.27. The van der Waals surface area contributed by atoms with Gasteiger partial charge in [-0.25, -0.2) is 4.79 Å². The molecule has 3 N–H and O–H groups in total. The SMILES string of the molecule is Cc1ccc(CNC2CC2c2ccc(C(=O)NCc3ccccc3)cc2)s1.O=C(O)C(F)(F)F. The molecule has 1 amide bonds. The van der Waals surface area contributed by atoms with Crippen molar-refractivity contribution in [3.8, 4) is 0 Å². The van der Waals surface area contributed by atoms with Crippen molar-refractivity contribution in [2.75, 3.05) is 0 Å². The van der Waals surface area contributed by atoms with Crippen LogP contribution in [0.25, 0.3) is 0 Å². The van der Waals surface area contributed by atoms with Gasteiger partial charge in [0.1, 0.15) is 0 Å². The number of aliphatic carboxylic acids is 1. The topological polar surface area (TPSA) is 78.4 Å². The molecule has 1 fully saturated rings. The van der Waals surface area contributed by atoms with E-state index in [-0.39, 0.29) is 5.91 Å². The Morgan fingerprint density at radius 3 is 2.21 bits per heavy atom. The van der Waals surface area contributed by atoms with Gasteiger partial charge in [0, 0.05) is 40.4 Å². The quantitative estimate of drug-likeness (QED) is 0.422. The molecule has 34 heavy (non-hydrogen) atoms. The number of carboxylic acids is 1. The van der Waals surface area contributed by atoms with Crippen molar-refractivity contribution in [3.63, 3.8) is 0 Å². The first-order valence-electron chi connectivity index (χ1n) is 10.6. The number of aryl methyl sites for hydroxylation is 1. The van der Waals surface area contributed by atoms with Crippen LogP contribution in [0.1, 0.15) is 43.6 Å². The second-order valence-electron chi connectivity index (χ2n) is 7.94. The predicted molar refractivity (Wildman–Crippen MR) is 125 cm³/mol. The molecule has 2 unspecified atom stereocenters. The highest BCUT2D eigenvalue weighted by Gasteiger charge is 2.38. The number of halogens is 3. The second-order valence-corrected chi connectivity index (χ2v) is 9.31. The van der Waals surface area contributed by atoms with E-state index >= 15 is 0 Å². The van der Waals surface area contributed by atoms with Gasteiger partial charge >= 0.3 is 12.1 Å². The average Bonchev–Trinajstić information content (AvgIpc) is 3.48. The van der Waals surface area contributed by atoms with Crippen LogP contribution in [0.5, 0.6) is 0 Å². The van der Waals surface area contributed by atoms with Crippen molar-refractivity contribution in [3.05, 3.63) is 93.2 Å².